The predicted molar refractivity (Wildman–Crippen MR) is 59.2 cm³/mol. The summed E-state index contributed by atoms with van der Waals surface area (Å²) in [4.78, 5) is 13.7. The van der Waals surface area contributed by atoms with Crippen molar-refractivity contribution in [3.63, 3.8) is 0 Å². The van der Waals surface area contributed by atoms with Crippen LogP contribution < -0.4 is 5.32 Å². The molecule has 1 saturated heterocycles. The molecular formula is C10H15BrN2O. The van der Waals surface area contributed by atoms with E-state index in [0.29, 0.717) is 6.04 Å². The highest BCUT2D eigenvalue weighted by Gasteiger charge is 2.26. The Morgan fingerprint density at radius 3 is 2.79 bits per heavy atom. The monoisotopic (exact) mass is 258 g/mol. The maximum Gasteiger partial charge on any atom is 0.247 e. The van der Waals surface area contributed by atoms with Crippen LogP contribution >= 0.6 is 15.9 Å². The summed E-state index contributed by atoms with van der Waals surface area (Å²) in [5.41, 5.74) is 0. The van der Waals surface area contributed by atoms with Gasteiger partial charge in [-0.25, -0.2) is 0 Å². The third-order valence-electron chi connectivity index (χ3n) is 2.90. The average Bonchev–Trinajstić information content (AvgIpc) is 2.19. The minimum atomic E-state index is 0.176. The Labute approximate surface area is 92.7 Å². The summed E-state index contributed by atoms with van der Waals surface area (Å²) in [6.07, 6.45) is 4.87. The summed E-state index contributed by atoms with van der Waals surface area (Å²) in [7, 11) is 0. The third kappa shape index (κ3) is 2.17. The van der Waals surface area contributed by atoms with Crippen LogP contribution in [0.25, 0.3) is 0 Å². The molecule has 78 valence electrons. The summed E-state index contributed by atoms with van der Waals surface area (Å²) in [5, 5.41) is 3.31. The van der Waals surface area contributed by atoms with Crippen molar-refractivity contribution in [2.75, 3.05) is 19.6 Å². The molecule has 14 heavy (non-hydrogen) atoms. The van der Waals surface area contributed by atoms with Gasteiger partial charge in [-0.3, -0.25) is 4.79 Å². The van der Waals surface area contributed by atoms with Crippen LogP contribution in [0.1, 0.15) is 19.3 Å². The van der Waals surface area contributed by atoms with Crippen molar-refractivity contribution in [3.8, 4) is 0 Å². The SMILES string of the molecule is O=C1C=C(Br)CCN1C1CCNCC1. The fourth-order valence-corrected chi connectivity index (χ4v) is 2.48. The lowest BCUT2D eigenvalue weighted by Gasteiger charge is -2.35. The molecule has 0 aromatic rings. The number of hydrogen-bond acceptors (Lipinski definition) is 2. The second-order valence-electron chi connectivity index (χ2n) is 3.85. The summed E-state index contributed by atoms with van der Waals surface area (Å²) >= 11 is 3.38. The van der Waals surface area contributed by atoms with Gasteiger partial charge in [0.25, 0.3) is 0 Å². The van der Waals surface area contributed by atoms with Crippen LogP contribution in [0.4, 0.5) is 0 Å². The number of carbonyl (C=O) groups is 1. The summed E-state index contributed by atoms with van der Waals surface area (Å²) in [6.45, 7) is 2.96. The molecule has 0 aliphatic carbocycles. The van der Waals surface area contributed by atoms with Crippen LogP contribution in [0.3, 0.4) is 0 Å². The molecule has 1 amide bonds. The topological polar surface area (TPSA) is 32.3 Å². The van der Waals surface area contributed by atoms with Gasteiger partial charge in [0.05, 0.1) is 0 Å². The van der Waals surface area contributed by atoms with Crippen molar-refractivity contribution in [2.24, 2.45) is 0 Å². The smallest absolute Gasteiger partial charge is 0.247 e. The Morgan fingerprint density at radius 1 is 1.43 bits per heavy atom. The van der Waals surface area contributed by atoms with E-state index in [1.54, 1.807) is 6.08 Å². The Hall–Kier alpha value is -0.350. The first-order chi connectivity index (χ1) is 6.77. The largest absolute Gasteiger partial charge is 0.336 e. The molecule has 2 aliphatic heterocycles. The molecule has 0 unspecified atom stereocenters. The van der Waals surface area contributed by atoms with Gasteiger partial charge in [0.15, 0.2) is 0 Å². The maximum atomic E-state index is 11.7. The molecular weight excluding hydrogens is 244 g/mol. The Morgan fingerprint density at radius 2 is 2.14 bits per heavy atom. The van der Waals surface area contributed by atoms with Gasteiger partial charge in [-0.05, 0) is 32.4 Å². The second kappa shape index (κ2) is 4.45. The highest BCUT2D eigenvalue weighted by molar-refractivity contribution is 9.11. The number of nitrogens with zero attached hydrogens (tertiary/aromatic N) is 1. The lowest BCUT2D eigenvalue weighted by molar-refractivity contribution is -0.129. The Balaban J connectivity index is 2.00. The van der Waals surface area contributed by atoms with Gasteiger partial charge in [-0.2, -0.15) is 0 Å². The van der Waals surface area contributed by atoms with Crippen molar-refractivity contribution in [2.45, 2.75) is 25.3 Å². The normalized spacial score (nSPS) is 25.1. The van der Waals surface area contributed by atoms with Crippen molar-refractivity contribution in [1.29, 1.82) is 0 Å². The average molecular weight is 259 g/mol. The fraction of sp³-hybridized carbons (Fsp3) is 0.700. The second-order valence-corrected chi connectivity index (χ2v) is 4.87. The minimum Gasteiger partial charge on any atom is -0.336 e. The number of halogens is 1. The molecule has 1 N–H and O–H groups in total. The number of carbonyl (C=O) groups excluding carboxylic acids is 1. The van der Waals surface area contributed by atoms with Crippen LogP contribution in [0.15, 0.2) is 10.6 Å². The van der Waals surface area contributed by atoms with Crippen LogP contribution in [0, 0.1) is 0 Å². The first-order valence-corrected chi connectivity index (χ1v) is 5.94. The zero-order valence-electron chi connectivity index (χ0n) is 8.13. The molecule has 0 bridgehead atoms. The fourth-order valence-electron chi connectivity index (χ4n) is 2.11. The molecule has 2 aliphatic rings. The predicted octanol–water partition coefficient (Wildman–Crippen LogP) is 1.25. The van der Waals surface area contributed by atoms with E-state index in [1.807, 2.05) is 4.90 Å². The maximum absolute atomic E-state index is 11.7. The van der Waals surface area contributed by atoms with Gasteiger partial charge in [0.2, 0.25) is 5.91 Å². The molecule has 3 nitrogen and oxygen atoms in total. The van der Waals surface area contributed by atoms with Gasteiger partial charge in [0.1, 0.15) is 0 Å². The highest BCUT2D eigenvalue weighted by atomic mass is 79.9. The zero-order valence-corrected chi connectivity index (χ0v) is 9.72. The first-order valence-electron chi connectivity index (χ1n) is 5.15. The molecule has 0 aromatic carbocycles. The van der Waals surface area contributed by atoms with E-state index in [0.717, 1.165) is 43.4 Å². The molecule has 2 rings (SSSR count). The Kier molecular flexibility index (Phi) is 3.23. The summed E-state index contributed by atoms with van der Waals surface area (Å²) in [5.74, 6) is 0.176. The van der Waals surface area contributed by atoms with Gasteiger partial charge < -0.3 is 10.2 Å². The molecule has 4 heteroatoms. The van der Waals surface area contributed by atoms with Crippen molar-refractivity contribution in [3.05, 3.63) is 10.6 Å². The van der Waals surface area contributed by atoms with Gasteiger partial charge in [-0.15, -0.1) is 0 Å². The van der Waals surface area contributed by atoms with Crippen molar-refractivity contribution in [1.82, 2.24) is 10.2 Å². The van der Waals surface area contributed by atoms with Crippen molar-refractivity contribution < 1.29 is 4.79 Å². The standard InChI is InChI=1S/C10H15BrN2O/c11-8-3-6-13(10(14)7-8)9-1-4-12-5-2-9/h7,9,12H,1-6H2. The zero-order chi connectivity index (χ0) is 9.97. The number of piperidine rings is 1. The van der Waals surface area contributed by atoms with E-state index >= 15 is 0 Å². The molecule has 0 aromatic heterocycles. The molecule has 0 radical (unpaired) electrons. The van der Waals surface area contributed by atoms with Gasteiger partial charge in [-0.1, -0.05) is 15.9 Å². The molecule has 2 heterocycles. The van der Waals surface area contributed by atoms with Crippen molar-refractivity contribution >= 4 is 21.8 Å². The number of rotatable bonds is 1. The molecule has 1 fully saturated rings. The van der Waals surface area contributed by atoms with E-state index in [2.05, 4.69) is 21.2 Å². The van der Waals surface area contributed by atoms with E-state index in [-0.39, 0.29) is 5.91 Å². The molecule has 0 saturated carbocycles. The number of nitrogens with one attached hydrogen (secondary N) is 1. The lowest BCUT2D eigenvalue weighted by atomic mass is 10.0. The number of hydrogen-bond donors (Lipinski definition) is 1. The van der Waals surface area contributed by atoms with Gasteiger partial charge in [0, 0.05) is 23.1 Å². The third-order valence-corrected chi connectivity index (χ3v) is 3.53. The van der Waals surface area contributed by atoms with E-state index in [4.69, 9.17) is 0 Å². The lowest BCUT2D eigenvalue weighted by Crippen LogP contribution is -2.47. The molecule has 0 atom stereocenters. The molecule has 0 spiro atoms. The van der Waals surface area contributed by atoms with E-state index in [1.165, 1.54) is 0 Å². The van der Waals surface area contributed by atoms with E-state index < -0.39 is 0 Å². The van der Waals surface area contributed by atoms with Crippen LogP contribution in [0.2, 0.25) is 0 Å². The summed E-state index contributed by atoms with van der Waals surface area (Å²) in [6, 6.07) is 0.459. The van der Waals surface area contributed by atoms with E-state index in [9.17, 15) is 4.79 Å². The van der Waals surface area contributed by atoms with Gasteiger partial charge >= 0.3 is 0 Å². The Bertz CT molecular complexity index is 259. The van der Waals surface area contributed by atoms with Crippen LogP contribution in [0.5, 0.6) is 0 Å². The first kappa shape index (κ1) is 10.2. The number of amides is 1. The van der Waals surface area contributed by atoms with Crippen LogP contribution in [-0.2, 0) is 4.79 Å². The van der Waals surface area contributed by atoms with Crippen LogP contribution in [-0.4, -0.2) is 36.5 Å². The quantitative estimate of drug-likeness (QED) is 0.768. The minimum absolute atomic E-state index is 0.176. The summed E-state index contributed by atoms with van der Waals surface area (Å²) < 4.78 is 1.03. The highest BCUT2D eigenvalue weighted by Crippen LogP contribution is 2.21.